The van der Waals surface area contributed by atoms with Gasteiger partial charge in [-0.2, -0.15) is 0 Å². The van der Waals surface area contributed by atoms with E-state index in [2.05, 4.69) is 71.7 Å². The number of ketones is 1. The fourth-order valence-corrected chi connectivity index (χ4v) is 3.05. The second-order valence-electron chi connectivity index (χ2n) is 6.63. The van der Waals surface area contributed by atoms with Crippen LogP contribution < -0.4 is 0 Å². The van der Waals surface area contributed by atoms with Crippen LogP contribution in [0.5, 0.6) is 0 Å². The summed E-state index contributed by atoms with van der Waals surface area (Å²) >= 11 is 0. The number of para-hydroxylation sites is 1. The summed E-state index contributed by atoms with van der Waals surface area (Å²) in [6.07, 6.45) is 3.01. The minimum Gasteiger partial charge on any atom is -0.512 e. The van der Waals surface area contributed by atoms with Crippen LogP contribution >= 0.6 is 0 Å². The van der Waals surface area contributed by atoms with E-state index in [1.165, 1.54) is 31.1 Å². The van der Waals surface area contributed by atoms with Crippen molar-refractivity contribution < 1.29 is 31.0 Å². The number of aromatic nitrogens is 1. The zero-order valence-corrected chi connectivity index (χ0v) is 19.1. The van der Waals surface area contributed by atoms with Crippen molar-refractivity contribution in [3.05, 3.63) is 103 Å². The molecule has 0 fully saturated rings. The average Bonchev–Trinajstić information content (AvgIpc) is 2.73. The summed E-state index contributed by atoms with van der Waals surface area (Å²) in [6.45, 7) is 2.85. The molecule has 4 rings (SSSR count). The van der Waals surface area contributed by atoms with Gasteiger partial charge in [0.1, 0.15) is 0 Å². The molecule has 30 heavy (non-hydrogen) atoms. The van der Waals surface area contributed by atoms with Crippen LogP contribution in [-0.2, 0) is 25.9 Å². The van der Waals surface area contributed by atoms with E-state index in [-0.39, 0.29) is 32.6 Å². The molecule has 1 heterocycles. The number of carbonyl (C=O) groups excluding carboxylic acids is 1. The number of benzene rings is 3. The minimum atomic E-state index is -0.125. The van der Waals surface area contributed by atoms with Crippen LogP contribution in [0.1, 0.15) is 13.8 Å². The van der Waals surface area contributed by atoms with Gasteiger partial charge in [0.15, 0.2) is 5.78 Å². The molecule has 1 aromatic heterocycles. The first-order chi connectivity index (χ1) is 14.0. The topological polar surface area (TPSA) is 50.2 Å². The number of rotatable bonds is 3. The van der Waals surface area contributed by atoms with Crippen LogP contribution in [0.4, 0.5) is 0 Å². The van der Waals surface area contributed by atoms with E-state index in [1.54, 1.807) is 0 Å². The van der Waals surface area contributed by atoms with E-state index in [4.69, 9.17) is 5.11 Å². The minimum absolute atomic E-state index is 0. The predicted octanol–water partition coefficient (Wildman–Crippen LogP) is 6.40. The number of carbonyl (C=O) groups is 1. The van der Waals surface area contributed by atoms with E-state index >= 15 is 0 Å². The van der Waals surface area contributed by atoms with Gasteiger partial charge in [-0.1, -0.05) is 60.2 Å². The maximum absolute atomic E-state index is 10.0. The molecule has 1 N–H and O–H groups in total. The van der Waals surface area contributed by atoms with Crippen LogP contribution in [0.3, 0.4) is 0 Å². The summed E-state index contributed by atoms with van der Waals surface area (Å²) in [5.74, 6) is -0.0625. The van der Waals surface area contributed by atoms with Crippen LogP contribution in [0, 0.1) is 6.07 Å². The third kappa shape index (κ3) is 6.23. The van der Waals surface area contributed by atoms with E-state index in [1.807, 2.05) is 24.4 Å². The van der Waals surface area contributed by atoms with Crippen molar-refractivity contribution in [3.63, 3.8) is 0 Å². The third-order valence-electron chi connectivity index (χ3n) is 4.24. The number of hydrogen-bond donors (Lipinski definition) is 1. The third-order valence-corrected chi connectivity index (χ3v) is 4.24. The molecule has 4 aromatic rings. The zero-order valence-electron chi connectivity index (χ0n) is 16.8. The summed E-state index contributed by atoms with van der Waals surface area (Å²) in [4.78, 5) is 14.6. The van der Waals surface area contributed by atoms with Crippen LogP contribution in [0.2, 0.25) is 0 Å². The normalized spacial score (nSPS) is 10.5. The second-order valence-corrected chi connectivity index (χ2v) is 6.63. The molecule has 0 amide bonds. The standard InChI is InChI=1S/C21H14N.C5H8O2.Pt/c1-2-7-16(8-3-1)18-10-4-11-19(15-18)20-13-5-9-17-12-6-14-22-21(17)20;1-4(6)3-5(2)7;/h1-10,12-15H;3,6H,1-2H3;/q-1;;/b;4-3-;. The first-order valence-corrected chi connectivity index (χ1v) is 9.33. The summed E-state index contributed by atoms with van der Waals surface area (Å²) < 4.78 is 0. The van der Waals surface area contributed by atoms with Crippen LogP contribution in [0.15, 0.2) is 96.9 Å². The van der Waals surface area contributed by atoms with Crippen molar-refractivity contribution in [1.29, 1.82) is 0 Å². The van der Waals surface area contributed by atoms with E-state index in [0.717, 1.165) is 22.0 Å². The molecule has 0 atom stereocenters. The molecule has 0 aliphatic rings. The van der Waals surface area contributed by atoms with Gasteiger partial charge in [0.05, 0.1) is 5.76 Å². The molecule has 0 saturated carbocycles. The molecule has 3 aromatic carbocycles. The molecule has 0 saturated heterocycles. The summed E-state index contributed by atoms with van der Waals surface area (Å²) in [6, 6.07) is 30.3. The Balaban J connectivity index is 0.000000350. The molecule has 0 aliphatic carbocycles. The Morgan fingerprint density at radius 1 is 0.933 bits per heavy atom. The Morgan fingerprint density at radius 2 is 1.67 bits per heavy atom. The van der Waals surface area contributed by atoms with Crippen molar-refractivity contribution in [1.82, 2.24) is 4.98 Å². The van der Waals surface area contributed by atoms with Gasteiger partial charge in [-0.25, -0.2) is 0 Å². The van der Waals surface area contributed by atoms with Gasteiger partial charge >= 0.3 is 0 Å². The number of hydrogen-bond acceptors (Lipinski definition) is 3. The first kappa shape index (κ1) is 23.2. The first-order valence-electron chi connectivity index (χ1n) is 9.33. The zero-order chi connectivity index (χ0) is 20.6. The number of allylic oxidation sites excluding steroid dienone is 2. The van der Waals surface area contributed by atoms with Gasteiger partial charge < -0.3 is 5.11 Å². The molecule has 154 valence electrons. The fraction of sp³-hybridized carbons (Fsp3) is 0.0769. The molecule has 0 radical (unpaired) electrons. The fourth-order valence-electron chi connectivity index (χ4n) is 3.05. The second kappa shape index (κ2) is 11.2. The molecule has 4 heteroatoms. The number of nitrogens with zero attached hydrogens (tertiary/aromatic N) is 1. The quantitative estimate of drug-likeness (QED) is 0.175. The van der Waals surface area contributed by atoms with Crippen molar-refractivity contribution in [2.24, 2.45) is 0 Å². The maximum atomic E-state index is 10.0. The maximum Gasteiger partial charge on any atom is 0.155 e. The Bertz CT molecular complexity index is 1140. The van der Waals surface area contributed by atoms with Gasteiger partial charge in [0, 0.05) is 38.9 Å². The SMILES string of the molecule is CC(=O)/C=C(/C)O.[Pt].[c-]1ccc(-c2ccccc2)cc1-c1cccc2cccnc12. The van der Waals surface area contributed by atoms with Gasteiger partial charge in [0.25, 0.3) is 0 Å². The summed E-state index contributed by atoms with van der Waals surface area (Å²) in [7, 11) is 0. The Morgan fingerprint density at radius 3 is 2.33 bits per heavy atom. The Labute approximate surface area is 191 Å². The van der Waals surface area contributed by atoms with Crippen molar-refractivity contribution in [3.8, 4) is 22.3 Å². The summed E-state index contributed by atoms with van der Waals surface area (Å²) in [5, 5.41) is 9.51. The molecule has 0 bridgehead atoms. The van der Waals surface area contributed by atoms with Gasteiger partial charge in [-0.15, -0.1) is 35.4 Å². The van der Waals surface area contributed by atoms with E-state index < -0.39 is 0 Å². The molecular formula is C26H22NO2Pt-. The predicted molar refractivity (Wildman–Crippen MR) is 119 cm³/mol. The number of aliphatic hydroxyl groups is 1. The van der Waals surface area contributed by atoms with Gasteiger partial charge in [-0.3, -0.25) is 9.78 Å². The molecule has 0 spiro atoms. The van der Waals surface area contributed by atoms with Crippen LogP contribution in [-0.4, -0.2) is 15.9 Å². The summed E-state index contributed by atoms with van der Waals surface area (Å²) in [5.41, 5.74) is 5.63. The molecular weight excluding hydrogens is 553 g/mol. The Kier molecular flexibility index (Phi) is 8.70. The van der Waals surface area contributed by atoms with E-state index in [0.29, 0.717) is 0 Å². The smallest absolute Gasteiger partial charge is 0.155 e. The molecule has 3 nitrogen and oxygen atoms in total. The van der Waals surface area contributed by atoms with Crippen molar-refractivity contribution in [2.45, 2.75) is 13.8 Å². The Hall–Kier alpha value is -3.03. The largest absolute Gasteiger partial charge is 0.512 e. The number of fused-ring (bicyclic) bond motifs is 1. The molecule has 0 unspecified atom stereocenters. The van der Waals surface area contributed by atoms with Crippen molar-refractivity contribution >= 4 is 16.7 Å². The average molecular weight is 576 g/mol. The van der Waals surface area contributed by atoms with E-state index in [9.17, 15) is 4.79 Å². The van der Waals surface area contributed by atoms with Crippen LogP contribution in [0.25, 0.3) is 33.2 Å². The van der Waals surface area contributed by atoms with Gasteiger partial charge in [0.2, 0.25) is 0 Å². The van der Waals surface area contributed by atoms with Crippen molar-refractivity contribution in [2.75, 3.05) is 0 Å². The number of pyridine rings is 1. The number of aliphatic hydroxyl groups excluding tert-OH is 1. The monoisotopic (exact) mass is 575 g/mol. The molecule has 0 aliphatic heterocycles. The van der Waals surface area contributed by atoms with Gasteiger partial charge in [-0.05, 0) is 30.9 Å².